The van der Waals surface area contributed by atoms with E-state index in [0.717, 1.165) is 24.7 Å². The smallest absolute Gasteiger partial charge is 0.0808 e. The maximum absolute atomic E-state index is 4.64. The summed E-state index contributed by atoms with van der Waals surface area (Å²) in [7, 11) is 0. The van der Waals surface area contributed by atoms with Crippen LogP contribution in [0.2, 0.25) is 0 Å². The minimum Gasteiger partial charge on any atom is -0.317 e. The third-order valence-electron chi connectivity index (χ3n) is 6.56. The van der Waals surface area contributed by atoms with Crippen molar-refractivity contribution in [2.45, 2.75) is 64.8 Å². The molecule has 4 nitrogen and oxygen atoms in total. The van der Waals surface area contributed by atoms with Gasteiger partial charge in [-0.25, -0.2) is 0 Å². The predicted molar refractivity (Wildman–Crippen MR) is 132 cm³/mol. The lowest BCUT2D eigenvalue weighted by Crippen LogP contribution is -2.24. The van der Waals surface area contributed by atoms with Crippen LogP contribution in [0.1, 0.15) is 64.0 Å². The van der Waals surface area contributed by atoms with E-state index >= 15 is 0 Å². The van der Waals surface area contributed by atoms with Gasteiger partial charge in [-0.3, -0.25) is 9.98 Å². The molecule has 0 radical (unpaired) electrons. The van der Waals surface area contributed by atoms with Crippen LogP contribution < -0.4 is 10.6 Å². The van der Waals surface area contributed by atoms with Gasteiger partial charge in [0.25, 0.3) is 0 Å². The highest BCUT2D eigenvalue weighted by Crippen LogP contribution is 2.27. The Morgan fingerprint density at radius 3 is 2.42 bits per heavy atom. The molecule has 2 unspecified atom stereocenters. The average Bonchev–Trinajstić information content (AvgIpc) is 2.78. The van der Waals surface area contributed by atoms with Crippen molar-refractivity contribution in [2.24, 2.45) is 22.7 Å². The summed E-state index contributed by atoms with van der Waals surface area (Å²) in [5.41, 5.74) is 2.53. The molecule has 31 heavy (non-hydrogen) atoms. The molecule has 0 spiro atoms. The van der Waals surface area contributed by atoms with Crippen LogP contribution >= 0.6 is 0 Å². The molecule has 1 aromatic rings. The molecule has 1 aliphatic carbocycles. The van der Waals surface area contributed by atoms with Crippen LogP contribution in [0.25, 0.3) is 0 Å². The van der Waals surface area contributed by atoms with E-state index in [1.54, 1.807) is 0 Å². The highest BCUT2D eigenvalue weighted by molar-refractivity contribution is 5.65. The minimum atomic E-state index is 0.389. The zero-order valence-electron chi connectivity index (χ0n) is 19.4. The van der Waals surface area contributed by atoms with E-state index in [2.05, 4.69) is 52.0 Å². The molecule has 1 aromatic heterocycles. The first-order valence-electron chi connectivity index (χ1n) is 12.5. The normalized spacial score (nSPS) is 25.3. The first-order chi connectivity index (χ1) is 15.3. The van der Waals surface area contributed by atoms with Crippen molar-refractivity contribution in [1.82, 2.24) is 15.6 Å². The number of rotatable bonds is 5. The van der Waals surface area contributed by atoms with Gasteiger partial charge >= 0.3 is 0 Å². The number of hydrogen-bond donors (Lipinski definition) is 2. The summed E-state index contributed by atoms with van der Waals surface area (Å²) in [5, 5.41) is 7.36. The molecule has 2 aliphatic rings. The van der Waals surface area contributed by atoms with Crippen molar-refractivity contribution in [1.29, 1.82) is 0 Å². The van der Waals surface area contributed by atoms with Gasteiger partial charge in [0.2, 0.25) is 0 Å². The van der Waals surface area contributed by atoms with Crippen molar-refractivity contribution < 1.29 is 0 Å². The Hall–Kier alpha value is -1.78. The van der Waals surface area contributed by atoms with Crippen molar-refractivity contribution in [3.8, 4) is 0 Å². The first kappa shape index (κ1) is 23.9. The molecule has 1 saturated heterocycles. The van der Waals surface area contributed by atoms with Crippen molar-refractivity contribution in [3.63, 3.8) is 0 Å². The Bertz CT molecular complexity index is 680. The molecule has 2 atom stereocenters. The summed E-state index contributed by atoms with van der Waals surface area (Å²) in [5.74, 6) is 1.64. The van der Waals surface area contributed by atoms with Crippen LogP contribution in [0.15, 0.2) is 53.2 Å². The molecule has 1 fully saturated rings. The Labute approximate surface area is 189 Å². The number of nitrogens with zero attached hydrogens (tertiary/aromatic N) is 2. The maximum atomic E-state index is 4.64. The fourth-order valence-electron chi connectivity index (χ4n) is 4.57. The Morgan fingerprint density at radius 2 is 1.74 bits per heavy atom. The lowest BCUT2D eigenvalue weighted by Gasteiger charge is -2.23. The topological polar surface area (TPSA) is 49.3 Å². The highest BCUT2D eigenvalue weighted by Gasteiger charge is 2.17. The average molecular weight is 423 g/mol. The van der Waals surface area contributed by atoms with Gasteiger partial charge in [0, 0.05) is 18.3 Å². The fourth-order valence-corrected chi connectivity index (χ4v) is 4.57. The fraction of sp³-hybridized carbons (Fsp3) is 0.630. The summed E-state index contributed by atoms with van der Waals surface area (Å²) in [6.07, 6.45) is 21.6. The zero-order valence-corrected chi connectivity index (χ0v) is 19.4. The maximum Gasteiger partial charge on any atom is 0.0808 e. The summed E-state index contributed by atoms with van der Waals surface area (Å²) >= 11 is 0. The molecule has 3 rings (SSSR count). The van der Waals surface area contributed by atoms with E-state index in [1.165, 1.54) is 70.0 Å². The third kappa shape index (κ3) is 9.49. The lowest BCUT2D eigenvalue weighted by molar-refractivity contribution is 0.411. The van der Waals surface area contributed by atoms with Crippen LogP contribution in [-0.2, 0) is 6.54 Å². The largest absolute Gasteiger partial charge is 0.317 e. The van der Waals surface area contributed by atoms with E-state index in [-0.39, 0.29) is 0 Å². The Morgan fingerprint density at radius 1 is 1.00 bits per heavy atom. The predicted octanol–water partition coefficient (Wildman–Crippen LogP) is 5.33. The molecular weight excluding hydrogens is 380 g/mol. The first-order valence-corrected chi connectivity index (χ1v) is 12.5. The third-order valence-corrected chi connectivity index (χ3v) is 6.56. The van der Waals surface area contributed by atoms with E-state index in [4.69, 9.17) is 0 Å². The van der Waals surface area contributed by atoms with Crippen LogP contribution in [0, 0.1) is 17.8 Å². The van der Waals surface area contributed by atoms with Crippen LogP contribution in [-0.4, -0.2) is 37.4 Å². The molecule has 0 aromatic carbocycles. The van der Waals surface area contributed by atoms with Gasteiger partial charge in [-0.2, -0.15) is 0 Å². The summed E-state index contributed by atoms with van der Waals surface area (Å²) < 4.78 is 0. The summed E-state index contributed by atoms with van der Waals surface area (Å²) in [4.78, 5) is 9.00. The molecule has 0 amide bonds. The Balaban J connectivity index is 1.47. The van der Waals surface area contributed by atoms with Crippen molar-refractivity contribution in [3.05, 3.63) is 53.9 Å². The van der Waals surface area contributed by atoms with Gasteiger partial charge in [0.05, 0.1) is 12.2 Å². The van der Waals surface area contributed by atoms with Crippen molar-refractivity contribution in [2.75, 3.05) is 26.2 Å². The molecule has 4 heteroatoms. The molecule has 1 aliphatic heterocycles. The zero-order chi connectivity index (χ0) is 21.6. The van der Waals surface area contributed by atoms with Gasteiger partial charge in [-0.1, -0.05) is 56.1 Å². The number of nitrogens with one attached hydrogen (secondary N) is 2. The van der Waals surface area contributed by atoms with E-state index in [9.17, 15) is 0 Å². The van der Waals surface area contributed by atoms with Crippen molar-refractivity contribution >= 4 is 6.21 Å². The van der Waals surface area contributed by atoms with E-state index in [0.29, 0.717) is 18.4 Å². The minimum absolute atomic E-state index is 0.389. The Kier molecular flexibility index (Phi) is 11.0. The van der Waals surface area contributed by atoms with Crippen LogP contribution in [0.3, 0.4) is 0 Å². The standard InChI is InChI=1S/C27H42N4/c1-23-19-25(10-11-26(23)21-30-22-27-9-5-8-16-31-27)20-24-12-17-28-14-6-3-2-4-7-15-29-18-13-24/h5,8-11,16,19,21,23-24,26,28-29H,2-4,6-7,12-15,17-18,20,22H2,1H3. The van der Waals surface area contributed by atoms with Gasteiger partial charge < -0.3 is 10.6 Å². The number of pyridine rings is 1. The number of hydrogen-bond acceptors (Lipinski definition) is 4. The number of allylic oxidation sites excluding steroid dienone is 4. The van der Waals surface area contributed by atoms with Gasteiger partial charge in [0.1, 0.15) is 0 Å². The van der Waals surface area contributed by atoms with Gasteiger partial charge in [-0.05, 0) is 82.3 Å². The van der Waals surface area contributed by atoms with Gasteiger partial charge in [-0.15, -0.1) is 0 Å². The monoisotopic (exact) mass is 422 g/mol. The quantitative estimate of drug-likeness (QED) is 0.631. The van der Waals surface area contributed by atoms with Crippen LogP contribution in [0.5, 0.6) is 0 Å². The molecular formula is C27H42N4. The summed E-state index contributed by atoms with van der Waals surface area (Å²) in [6, 6.07) is 6.00. The molecule has 170 valence electrons. The molecule has 0 bridgehead atoms. The molecule has 0 saturated carbocycles. The van der Waals surface area contributed by atoms with Gasteiger partial charge in [0.15, 0.2) is 0 Å². The summed E-state index contributed by atoms with van der Waals surface area (Å²) in [6.45, 7) is 7.66. The number of aliphatic imine (C=N–C) groups is 1. The second kappa shape index (κ2) is 14.3. The lowest BCUT2D eigenvalue weighted by atomic mass is 9.83. The van der Waals surface area contributed by atoms with Crippen LogP contribution in [0.4, 0.5) is 0 Å². The number of aromatic nitrogens is 1. The highest BCUT2D eigenvalue weighted by atomic mass is 14.9. The molecule has 2 N–H and O–H groups in total. The SMILES string of the molecule is CC1C=C(CC2CCNCCCCCCCNCC2)C=CC1C=NCc1ccccn1. The van der Waals surface area contributed by atoms with E-state index < -0.39 is 0 Å². The second-order valence-corrected chi connectivity index (χ2v) is 9.26. The van der Waals surface area contributed by atoms with E-state index in [1.807, 2.05) is 24.4 Å². The second-order valence-electron chi connectivity index (χ2n) is 9.26. The molecule has 2 heterocycles.